The summed E-state index contributed by atoms with van der Waals surface area (Å²) in [5.41, 5.74) is 3.31. The van der Waals surface area contributed by atoms with Crippen molar-refractivity contribution in [3.8, 4) is 5.75 Å². The van der Waals surface area contributed by atoms with E-state index >= 15 is 0 Å². The number of anilines is 1. The molecule has 5 rings (SSSR count). The molecule has 28 heavy (non-hydrogen) atoms. The summed E-state index contributed by atoms with van der Waals surface area (Å²) >= 11 is 0. The van der Waals surface area contributed by atoms with Crippen molar-refractivity contribution >= 4 is 28.0 Å². The molecule has 3 aromatic rings. The highest BCUT2D eigenvalue weighted by Gasteiger charge is 2.39. The first-order valence-electron chi connectivity index (χ1n) is 8.98. The fourth-order valence-electron chi connectivity index (χ4n) is 3.59. The van der Waals surface area contributed by atoms with E-state index in [0.29, 0.717) is 28.5 Å². The zero-order valence-electron chi connectivity index (χ0n) is 15.4. The van der Waals surface area contributed by atoms with E-state index in [2.05, 4.69) is 5.32 Å². The summed E-state index contributed by atoms with van der Waals surface area (Å²) in [7, 11) is 0. The average molecular weight is 371 g/mol. The largest absolute Gasteiger partial charge is 0.506 e. The lowest BCUT2D eigenvalue weighted by molar-refractivity contribution is -0.113. The van der Waals surface area contributed by atoms with E-state index in [1.165, 1.54) is 0 Å². The van der Waals surface area contributed by atoms with Crippen LogP contribution in [0.2, 0.25) is 0 Å². The summed E-state index contributed by atoms with van der Waals surface area (Å²) in [6, 6.07) is 17.0. The van der Waals surface area contributed by atoms with E-state index < -0.39 is 0 Å². The number of benzene rings is 2. The third kappa shape index (κ3) is 2.29. The van der Waals surface area contributed by atoms with Crippen LogP contribution in [0.5, 0.6) is 5.75 Å². The van der Waals surface area contributed by atoms with Crippen molar-refractivity contribution in [2.45, 2.75) is 13.8 Å². The number of ether oxygens (including phenoxy) is 1. The number of ketones is 1. The molecule has 138 valence electrons. The molecular formula is C23H17NO4. The molecule has 1 aliphatic carbocycles. The van der Waals surface area contributed by atoms with Crippen molar-refractivity contribution in [3.05, 3.63) is 88.7 Å². The summed E-state index contributed by atoms with van der Waals surface area (Å²) in [5, 5.41) is 14.7. The third-order valence-corrected chi connectivity index (χ3v) is 5.16. The number of fused-ring (bicyclic) bond motifs is 2. The second kappa shape index (κ2) is 5.89. The molecular weight excluding hydrogens is 354 g/mol. The first-order valence-corrected chi connectivity index (χ1v) is 8.98. The SMILES string of the molecule is C/C(C1=C(O)/C(=C(\C)c2cc3ccccc3o2)C1=O)=C1\Nc2ccccc2O1. The molecule has 0 fully saturated rings. The van der Waals surface area contributed by atoms with Crippen molar-refractivity contribution in [2.75, 3.05) is 5.32 Å². The van der Waals surface area contributed by atoms with Crippen LogP contribution in [0.25, 0.3) is 16.5 Å². The van der Waals surface area contributed by atoms with Gasteiger partial charge in [-0.05, 0) is 38.1 Å². The lowest BCUT2D eigenvalue weighted by atomic mass is 9.81. The van der Waals surface area contributed by atoms with E-state index in [1.54, 1.807) is 13.8 Å². The van der Waals surface area contributed by atoms with Gasteiger partial charge < -0.3 is 19.6 Å². The molecule has 0 amide bonds. The summed E-state index contributed by atoms with van der Waals surface area (Å²) in [5.74, 6) is 1.47. The lowest BCUT2D eigenvalue weighted by Crippen LogP contribution is -2.25. The molecule has 5 nitrogen and oxygen atoms in total. The van der Waals surface area contributed by atoms with Gasteiger partial charge in [0.25, 0.3) is 0 Å². The van der Waals surface area contributed by atoms with Gasteiger partial charge in [0.1, 0.15) is 17.1 Å². The highest BCUT2D eigenvalue weighted by Crippen LogP contribution is 2.42. The van der Waals surface area contributed by atoms with E-state index in [1.807, 2.05) is 54.6 Å². The molecule has 2 aromatic carbocycles. The summed E-state index contributed by atoms with van der Waals surface area (Å²) in [6.07, 6.45) is 0. The van der Waals surface area contributed by atoms with Gasteiger partial charge in [-0.3, -0.25) is 4.79 Å². The van der Waals surface area contributed by atoms with Crippen molar-refractivity contribution in [2.24, 2.45) is 0 Å². The monoisotopic (exact) mass is 371 g/mol. The van der Waals surface area contributed by atoms with Gasteiger partial charge in [-0.1, -0.05) is 30.3 Å². The molecule has 1 aliphatic heterocycles. The Morgan fingerprint density at radius 1 is 1.00 bits per heavy atom. The molecule has 0 saturated carbocycles. The van der Waals surface area contributed by atoms with E-state index in [-0.39, 0.29) is 22.7 Å². The minimum absolute atomic E-state index is 0.0330. The number of carbonyl (C=O) groups excluding carboxylic acids is 1. The Balaban J connectivity index is 1.54. The van der Waals surface area contributed by atoms with Crippen molar-refractivity contribution < 1.29 is 19.1 Å². The van der Waals surface area contributed by atoms with Crippen LogP contribution in [-0.2, 0) is 4.79 Å². The van der Waals surface area contributed by atoms with E-state index in [9.17, 15) is 9.90 Å². The molecule has 0 radical (unpaired) electrons. The minimum atomic E-state index is -0.221. The number of hydrogen-bond acceptors (Lipinski definition) is 5. The van der Waals surface area contributed by atoms with Gasteiger partial charge in [-0.25, -0.2) is 0 Å². The van der Waals surface area contributed by atoms with Gasteiger partial charge in [-0.15, -0.1) is 0 Å². The maximum Gasteiger partial charge on any atom is 0.201 e. The summed E-state index contributed by atoms with van der Waals surface area (Å²) < 4.78 is 11.6. The standard InChI is InChI=1S/C23H17NO4/c1-12(18-11-14-7-3-5-9-16(14)27-18)19-21(25)20(22(19)26)13(2)23-24-15-8-4-6-10-17(15)28-23/h3-11,24-25H,1-2H3/b19-12-,23-13-. The number of aliphatic hydroxyl groups is 1. The summed E-state index contributed by atoms with van der Waals surface area (Å²) in [6.45, 7) is 3.53. The number of allylic oxidation sites excluding steroid dienone is 4. The molecule has 2 heterocycles. The van der Waals surface area contributed by atoms with Crippen LogP contribution in [0.15, 0.2) is 87.4 Å². The lowest BCUT2D eigenvalue weighted by Gasteiger charge is -2.24. The van der Waals surface area contributed by atoms with Crippen LogP contribution in [-0.4, -0.2) is 10.9 Å². The number of para-hydroxylation sites is 3. The number of aliphatic hydroxyl groups excluding tert-OH is 1. The quantitative estimate of drug-likeness (QED) is 0.595. The molecule has 2 aliphatic rings. The molecule has 1 aromatic heterocycles. The molecule has 0 spiro atoms. The van der Waals surface area contributed by atoms with E-state index in [0.717, 1.165) is 16.7 Å². The molecule has 0 bridgehead atoms. The van der Waals surface area contributed by atoms with Crippen molar-refractivity contribution in [1.29, 1.82) is 0 Å². The maximum atomic E-state index is 12.8. The third-order valence-electron chi connectivity index (χ3n) is 5.16. The molecule has 2 N–H and O–H groups in total. The first-order chi connectivity index (χ1) is 13.5. The Kier molecular flexibility index (Phi) is 3.46. The Labute approximate surface area is 161 Å². The van der Waals surface area contributed by atoms with Crippen molar-refractivity contribution in [3.63, 3.8) is 0 Å². The Hall–Kier alpha value is -3.73. The van der Waals surface area contributed by atoms with Gasteiger partial charge in [-0.2, -0.15) is 0 Å². The number of carbonyl (C=O) groups is 1. The van der Waals surface area contributed by atoms with Crippen LogP contribution in [0.3, 0.4) is 0 Å². The zero-order chi connectivity index (χ0) is 19.4. The van der Waals surface area contributed by atoms with Crippen LogP contribution in [0.1, 0.15) is 19.6 Å². The normalized spacial score (nSPS) is 19.1. The minimum Gasteiger partial charge on any atom is -0.506 e. The fraction of sp³-hybridized carbons (Fsp3) is 0.0870. The molecule has 5 heteroatoms. The Morgan fingerprint density at radius 3 is 2.50 bits per heavy atom. The first kappa shape index (κ1) is 16.4. The van der Waals surface area contributed by atoms with Gasteiger partial charge in [0.2, 0.25) is 11.7 Å². The number of rotatable bonds is 2. The second-order valence-corrected chi connectivity index (χ2v) is 6.88. The maximum absolute atomic E-state index is 12.8. The number of hydrogen-bond donors (Lipinski definition) is 2. The van der Waals surface area contributed by atoms with Crippen molar-refractivity contribution in [1.82, 2.24) is 0 Å². The average Bonchev–Trinajstić information content (AvgIpc) is 3.32. The highest BCUT2D eigenvalue weighted by atomic mass is 16.5. The molecule has 0 atom stereocenters. The Morgan fingerprint density at radius 2 is 1.75 bits per heavy atom. The zero-order valence-corrected chi connectivity index (χ0v) is 15.4. The van der Waals surface area contributed by atoms with Gasteiger partial charge in [0.15, 0.2) is 5.75 Å². The van der Waals surface area contributed by atoms with Gasteiger partial charge >= 0.3 is 0 Å². The van der Waals surface area contributed by atoms with Crippen LogP contribution in [0.4, 0.5) is 5.69 Å². The topological polar surface area (TPSA) is 71.7 Å². The number of nitrogens with one attached hydrogen (secondary N) is 1. The summed E-state index contributed by atoms with van der Waals surface area (Å²) in [4.78, 5) is 12.8. The van der Waals surface area contributed by atoms with Crippen LogP contribution < -0.4 is 10.1 Å². The van der Waals surface area contributed by atoms with Crippen LogP contribution >= 0.6 is 0 Å². The van der Waals surface area contributed by atoms with Crippen LogP contribution in [0, 0.1) is 0 Å². The molecule has 0 saturated heterocycles. The smallest absolute Gasteiger partial charge is 0.201 e. The predicted molar refractivity (Wildman–Crippen MR) is 107 cm³/mol. The van der Waals surface area contributed by atoms with E-state index in [4.69, 9.17) is 9.15 Å². The fourth-order valence-corrected chi connectivity index (χ4v) is 3.59. The molecule has 0 unspecified atom stereocenters. The number of Topliss-reactive ketones (excluding diaryl/α,β-unsaturated/α-hetero) is 1. The van der Waals surface area contributed by atoms with Gasteiger partial charge in [0, 0.05) is 16.5 Å². The highest BCUT2D eigenvalue weighted by molar-refractivity contribution is 6.25. The van der Waals surface area contributed by atoms with Gasteiger partial charge in [0.05, 0.1) is 16.8 Å². The second-order valence-electron chi connectivity index (χ2n) is 6.88. The number of furan rings is 1. The Bertz CT molecular complexity index is 1200. The predicted octanol–water partition coefficient (Wildman–Crippen LogP) is 5.34.